The number of nitrogens with one attached hydrogen (secondary N) is 1. The Bertz CT molecular complexity index is 519. The van der Waals surface area contributed by atoms with Crippen molar-refractivity contribution < 1.29 is 17.7 Å². The molecule has 0 amide bonds. The second-order valence-electron chi connectivity index (χ2n) is 3.66. The Balaban J connectivity index is 1.98. The van der Waals surface area contributed by atoms with Gasteiger partial charge in [0.05, 0.1) is 12.1 Å². The van der Waals surface area contributed by atoms with E-state index in [2.05, 4.69) is 15.5 Å². The van der Waals surface area contributed by atoms with Crippen LogP contribution in [0, 0.1) is 6.92 Å². The molecule has 96 valence electrons. The van der Waals surface area contributed by atoms with Gasteiger partial charge in [-0.25, -0.2) is 0 Å². The minimum atomic E-state index is -4.32. The molecule has 0 aliphatic rings. The van der Waals surface area contributed by atoms with Crippen LogP contribution in [-0.2, 0) is 12.7 Å². The van der Waals surface area contributed by atoms with Gasteiger partial charge in [-0.1, -0.05) is 5.16 Å². The van der Waals surface area contributed by atoms with Crippen molar-refractivity contribution in [2.75, 3.05) is 5.32 Å². The molecule has 0 unspecified atom stereocenters. The average molecular weight is 257 g/mol. The van der Waals surface area contributed by atoms with Crippen molar-refractivity contribution in [3.8, 4) is 0 Å². The topological polar surface area (TPSA) is 51.0 Å². The zero-order valence-electron chi connectivity index (χ0n) is 9.45. The van der Waals surface area contributed by atoms with Gasteiger partial charge in [0, 0.05) is 12.6 Å². The van der Waals surface area contributed by atoms with Crippen molar-refractivity contribution in [1.82, 2.24) is 10.1 Å². The summed E-state index contributed by atoms with van der Waals surface area (Å²) in [7, 11) is 0. The highest BCUT2D eigenvalue weighted by molar-refractivity contribution is 5.45. The molecular formula is C11H10F3N3O. The third-order valence-corrected chi connectivity index (χ3v) is 2.23. The molecule has 1 aromatic carbocycles. The van der Waals surface area contributed by atoms with Gasteiger partial charge >= 0.3 is 6.18 Å². The Hall–Kier alpha value is -2.05. The standard InChI is InChI=1S/C11H10F3N3O/c1-7-16-10(17-18-7)6-15-9-4-2-8(3-5-9)11(12,13)14/h2-5,15H,6H2,1H3. The van der Waals surface area contributed by atoms with Crippen LogP contribution in [0.25, 0.3) is 0 Å². The molecule has 0 aliphatic heterocycles. The van der Waals surface area contributed by atoms with Crippen molar-refractivity contribution >= 4 is 5.69 Å². The Morgan fingerprint density at radius 1 is 1.22 bits per heavy atom. The maximum absolute atomic E-state index is 12.3. The van der Waals surface area contributed by atoms with E-state index in [0.29, 0.717) is 23.9 Å². The molecule has 1 N–H and O–H groups in total. The van der Waals surface area contributed by atoms with E-state index in [0.717, 1.165) is 12.1 Å². The Morgan fingerprint density at radius 2 is 1.89 bits per heavy atom. The molecule has 0 fully saturated rings. The van der Waals surface area contributed by atoms with Gasteiger partial charge < -0.3 is 9.84 Å². The summed E-state index contributed by atoms with van der Waals surface area (Å²) in [6, 6.07) is 4.75. The van der Waals surface area contributed by atoms with Gasteiger partial charge in [0.1, 0.15) is 0 Å². The number of halogens is 3. The molecule has 2 rings (SSSR count). The lowest BCUT2D eigenvalue weighted by molar-refractivity contribution is -0.137. The number of hydrogen-bond acceptors (Lipinski definition) is 4. The summed E-state index contributed by atoms with van der Waals surface area (Å²) in [5.41, 5.74) is -0.117. The molecule has 1 heterocycles. The van der Waals surface area contributed by atoms with Gasteiger partial charge in [0.25, 0.3) is 0 Å². The zero-order chi connectivity index (χ0) is 13.2. The van der Waals surface area contributed by atoms with Crippen LogP contribution in [0.2, 0.25) is 0 Å². The number of aryl methyl sites for hydroxylation is 1. The summed E-state index contributed by atoms with van der Waals surface area (Å²) in [6.07, 6.45) is -4.32. The summed E-state index contributed by atoms with van der Waals surface area (Å²) in [4.78, 5) is 3.96. The first kappa shape index (κ1) is 12.4. The summed E-state index contributed by atoms with van der Waals surface area (Å²) in [6.45, 7) is 1.96. The molecule has 0 aliphatic carbocycles. The Morgan fingerprint density at radius 3 is 2.39 bits per heavy atom. The number of anilines is 1. The van der Waals surface area contributed by atoms with Crippen molar-refractivity contribution in [3.63, 3.8) is 0 Å². The summed E-state index contributed by atoms with van der Waals surface area (Å²) in [5.74, 6) is 0.895. The van der Waals surface area contributed by atoms with Crippen LogP contribution in [0.4, 0.5) is 18.9 Å². The van der Waals surface area contributed by atoms with Crippen LogP contribution < -0.4 is 5.32 Å². The fourth-order valence-electron chi connectivity index (χ4n) is 1.37. The van der Waals surface area contributed by atoms with Gasteiger partial charge in [-0.2, -0.15) is 18.2 Å². The summed E-state index contributed by atoms with van der Waals surface area (Å²) >= 11 is 0. The van der Waals surface area contributed by atoms with E-state index in [4.69, 9.17) is 4.52 Å². The molecule has 7 heteroatoms. The highest BCUT2D eigenvalue weighted by Crippen LogP contribution is 2.29. The van der Waals surface area contributed by atoms with Crippen molar-refractivity contribution in [3.05, 3.63) is 41.5 Å². The first-order valence-corrected chi connectivity index (χ1v) is 5.15. The Kier molecular flexibility index (Phi) is 3.22. The number of alkyl halides is 3. The Labute approximate surface area is 101 Å². The van der Waals surface area contributed by atoms with Gasteiger partial charge in [-0.15, -0.1) is 0 Å². The number of aromatic nitrogens is 2. The largest absolute Gasteiger partial charge is 0.416 e. The normalized spacial score (nSPS) is 11.6. The monoisotopic (exact) mass is 257 g/mol. The van der Waals surface area contributed by atoms with E-state index in [1.165, 1.54) is 12.1 Å². The van der Waals surface area contributed by atoms with Crippen molar-refractivity contribution in [1.29, 1.82) is 0 Å². The second kappa shape index (κ2) is 4.67. The SMILES string of the molecule is Cc1nc(CNc2ccc(C(F)(F)F)cc2)no1. The van der Waals surface area contributed by atoms with Crippen molar-refractivity contribution in [2.45, 2.75) is 19.6 Å². The first-order valence-electron chi connectivity index (χ1n) is 5.15. The maximum atomic E-state index is 12.3. The molecule has 2 aromatic rings. The molecule has 0 spiro atoms. The van der Waals surface area contributed by atoms with Gasteiger partial charge in [0.2, 0.25) is 5.89 Å². The van der Waals surface area contributed by atoms with E-state index in [1.54, 1.807) is 6.92 Å². The van der Waals surface area contributed by atoms with E-state index in [1.807, 2.05) is 0 Å². The second-order valence-corrected chi connectivity index (χ2v) is 3.66. The van der Waals surface area contributed by atoms with Gasteiger partial charge in [-0.05, 0) is 24.3 Å². The van der Waals surface area contributed by atoms with Crippen LogP contribution in [0.5, 0.6) is 0 Å². The molecule has 18 heavy (non-hydrogen) atoms. The third-order valence-electron chi connectivity index (χ3n) is 2.23. The number of hydrogen-bond donors (Lipinski definition) is 1. The molecule has 1 aromatic heterocycles. The summed E-state index contributed by atoms with van der Waals surface area (Å²) in [5, 5.41) is 6.56. The van der Waals surface area contributed by atoms with E-state index in [9.17, 15) is 13.2 Å². The lowest BCUT2D eigenvalue weighted by atomic mass is 10.2. The highest BCUT2D eigenvalue weighted by Gasteiger charge is 2.29. The lowest BCUT2D eigenvalue weighted by Crippen LogP contribution is -2.05. The minimum absolute atomic E-state index is 0.294. The van der Waals surface area contributed by atoms with Gasteiger partial charge in [0.15, 0.2) is 5.82 Å². The van der Waals surface area contributed by atoms with Crippen molar-refractivity contribution in [2.24, 2.45) is 0 Å². The predicted molar refractivity (Wildman–Crippen MR) is 57.8 cm³/mol. The number of rotatable bonds is 3. The first-order chi connectivity index (χ1) is 8.45. The third kappa shape index (κ3) is 2.99. The molecule has 0 saturated heterocycles. The van der Waals surface area contributed by atoms with E-state index < -0.39 is 11.7 Å². The molecule has 0 atom stereocenters. The smallest absolute Gasteiger partial charge is 0.378 e. The van der Waals surface area contributed by atoms with Crippen LogP contribution in [0.3, 0.4) is 0 Å². The van der Waals surface area contributed by atoms with Crippen LogP contribution in [0.15, 0.2) is 28.8 Å². The zero-order valence-corrected chi connectivity index (χ0v) is 9.45. The van der Waals surface area contributed by atoms with Crippen LogP contribution >= 0.6 is 0 Å². The average Bonchev–Trinajstić information content (AvgIpc) is 2.72. The fourth-order valence-corrected chi connectivity index (χ4v) is 1.37. The molecule has 0 bridgehead atoms. The minimum Gasteiger partial charge on any atom is -0.378 e. The van der Waals surface area contributed by atoms with Gasteiger partial charge in [-0.3, -0.25) is 0 Å². The lowest BCUT2D eigenvalue weighted by Gasteiger charge is -2.08. The molecule has 0 saturated carbocycles. The molecule has 0 radical (unpaired) electrons. The number of nitrogens with zero attached hydrogens (tertiary/aromatic N) is 2. The van der Waals surface area contributed by atoms with E-state index in [-0.39, 0.29) is 0 Å². The quantitative estimate of drug-likeness (QED) is 0.918. The molecular weight excluding hydrogens is 247 g/mol. The van der Waals surface area contributed by atoms with Crippen LogP contribution in [0.1, 0.15) is 17.3 Å². The molecule has 4 nitrogen and oxygen atoms in total. The number of benzene rings is 1. The summed E-state index contributed by atoms with van der Waals surface area (Å²) < 4.78 is 41.7. The van der Waals surface area contributed by atoms with E-state index >= 15 is 0 Å². The maximum Gasteiger partial charge on any atom is 0.416 e. The van der Waals surface area contributed by atoms with Crippen LogP contribution in [-0.4, -0.2) is 10.1 Å². The predicted octanol–water partition coefficient (Wildman–Crippen LogP) is 3.01. The fraction of sp³-hybridized carbons (Fsp3) is 0.273. The highest BCUT2D eigenvalue weighted by atomic mass is 19.4.